The van der Waals surface area contributed by atoms with Gasteiger partial charge in [-0.2, -0.15) is 0 Å². The fraction of sp³-hybridized carbons (Fsp3) is 0.450. The van der Waals surface area contributed by atoms with Crippen LogP contribution in [0.2, 0.25) is 0 Å². The van der Waals surface area contributed by atoms with Crippen LogP contribution in [0.1, 0.15) is 47.8 Å². The van der Waals surface area contributed by atoms with E-state index in [2.05, 4.69) is 34.4 Å². The number of anilines is 1. The van der Waals surface area contributed by atoms with Crippen molar-refractivity contribution in [1.29, 1.82) is 0 Å². The molecule has 3 rings (SSSR count). The molecule has 1 atom stereocenters. The Morgan fingerprint density at radius 3 is 2.92 bits per heavy atom. The Kier molecular flexibility index (Phi) is 5.43. The van der Waals surface area contributed by atoms with E-state index in [0.717, 1.165) is 29.9 Å². The molecule has 0 aliphatic carbocycles. The van der Waals surface area contributed by atoms with E-state index in [-0.39, 0.29) is 5.91 Å². The molecule has 1 saturated heterocycles. The maximum atomic E-state index is 12.2. The molecule has 0 spiro atoms. The molecule has 1 aliphatic rings. The third-order valence-corrected chi connectivity index (χ3v) is 4.80. The molecule has 3 heterocycles. The molecule has 1 fully saturated rings. The Balaban J connectivity index is 1.64. The topological polar surface area (TPSA) is 58.1 Å². The smallest absolute Gasteiger partial charge is 0.225 e. The van der Waals surface area contributed by atoms with Gasteiger partial charge in [-0.3, -0.25) is 14.7 Å². The summed E-state index contributed by atoms with van der Waals surface area (Å²) in [5, 5.41) is 2.90. The molecule has 2 aromatic rings. The number of nitrogens with zero attached hydrogens (tertiary/aromatic N) is 3. The summed E-state index contributed by atoms with van der Waals surface area (Å²) in [6, 6.07) is 8.46. The first kappa shape index (κ1) is 17.5. The number of carbonyl (C=O) groups excluding carboxylic acids is 1. The molecule has 1 amide bonds. The lowest BCUT2D eigenvalue weighted by Gasteiger charge is -2.20. The third kappa shape index (κ3) is 4.42. The van der Waals surface area contributed by atoms with E-state index >= 15 is 0 Å². The van der Waals surface area contributed by atoms with Crippen molar-refractivity contribution in [3.05, 3.63) is 53.0 Å². The van der Waals surface area contributed by atoms with Gasteiger partial charge in [0.25, 0.3) is 0 Å². The van der Waals surface area contributed by atoms with Gasteiger partial charge in [0.15, 0.2) is 0 Å². The molecule has 1 N–H and O–H groups in total. The summed E-state index contributed by atoms with van der Waals surface area (Å²) < 4.78 is 0. The van der Waals surface area contributed by atoms with E-state index in [1.807, 2.05) is 26.0 Å². The zero-order valence-electron chi connectivity index (χ0n) is 15.2. The van der Waals surface area contributed by atoms with Crippen molar-refractivity contribution >= 4 is 11.7 Å². The Morgan fingerprint density at radius 2 is 2.20 bits per heavy atom. The second-order valence-electron chi connectivity index (χ2n) is 6.90. The summed E-state index contributed by atoms with van der Waals surface area (Å²) in [6.07, 6.45) is 5.23. The van der Waals surface area contributed by atoms with Gasteiger partial charge in [-0.15, -0.1) is 0 Å². The average Bonchev–Trinajstić information content (AvgIpc) is 3.01. The summed E-state index contributed by atoms with van der Waals surface area (Å²) >= 11 is 0. The van der Waals surface area contributed by atoms with Crippen molar-refractivity contribution < 1.29 is 4.79 Å². The predicted octanol–water partition coefficient (Wildman–Crippen LogP) is 3.43. The zero-order valence-corrected chi connectivity index (χ0v) is 15.2. The van der Waals surface area contributed by atoms with Crippen LogP contribution in [0.4, 0.5) is 5.82 Å². The van der Waals surface area contributed by atoms with Crippen LogP contribution >= 0.6 is 0 Å². The van der Waals surface area contributed by atoms with Crippen LogP contribution in [0, 0.1) is 13.8 Å². The first-order chi connectivity index (χ1) is 12.0. The van der Waals surface area contributed by atoms with E-state index in [9.17, 15) is 4.79 Å². The number of rotatable bonds is 5. The monoisotopic (exact) mass is 338 g/mol. The average molecular weight is 338 g/mol. The second-order valence-corrected chi connectivity index (χ2v) is 6.90. The van der Waals surface area contributed by atoms with Crippen LogP contribution in [-0.4, -0.2) is 34.4 Å². The molecular weight excluding hydrogens is 312 g/mol. The van der Waals surface area contributed by atoms with E-state index in [4.69, 9.17) is 4.98 Å². The Labute approximate surface area is 149 Å². The van der Waals surface area contributed by atoms with E-state index < -0.39 is 0 Å². The molecule has 25 heavy (non-hydrogen) atoms. The van der Waals surface area contributed by atoms with Gasteiger partial charge >= 0.3 is 0 Å². The van der Waals surface area contributed by atoms with Crippen LogP contribution in [0.25, 0.3) is 0 Å². The van der Waals surface area contributed by atoms with Crippen LogP contribution in [0.15, 0.2) is 30.5 Å². The van der Waals surface area contributed by atoms with Crippen molar-refractivity contribution in [3.63, 3.8) is 0 Å². The molecule has 0 aromatic carbocycles. The highest BCUT2D eigenvalue weighted by Crippen LogP contribution is 2.29. The summed E-state index contributed by atoms with van der Waals surface area (Å²) in [5.41, 5.74) is 4.31. The minimum atomic E-state index is -0.00389. The van der Waals surface area contributed by atoms with Gasteiger partial charge in [0.1, 0.15) is 5.82 Å². The number of amides is 1. The Hall–Kier alpha value is -2.27. The van der Waals surface area contributed by atoms with Crippen LogP contribution in [-0.2, 0) is 11.2 Å². The molecule has 0 saturated carbocycles. The minimum absolute atomic E-state index is 0.00389. The van der Waals surface area contributed by atoms with Crippen LogP contribution in [0.5, 0.6) is 0 Å². The maximum absolute atomic E-state index is 12.2. The summed E-state index contributed by atoms with van der Waals surface area (Å²) in [7, 11) is 2.16. The number of aryl methyl sites for hydroxylation is 3. The number of hydrogen-bond donors (Lipinski definition) is 1. The highest BCUT2D eigenvalue weighted by molar-refractivity contribution is 5.90. The van der Waals surface area contributed by atoms with Gasteiger partial charge in [0.05, 0.1) is 11.7 Å². The number of hydrogen-bond acceptors (Lipinski definition) is 4. The molecule has 132 valence electrons. The molecule has 0 radical (unpaired) electrons. The molecule has 0 unspecified atom stereocenters. The predicted molar refractivity (Wildman–Crippen MR) is 99.5 cm³/mol. The van der Waals surface area contributed by atoms with Gasteiger partial charge in [0.2, 0.25) is 5.91 Å². The summed E-state index contributed by atoms with van der Waals surface area (Å²) in [6.45, 7) is 5.10. The fourth-order valence-electron chi connectivity index (χ4n) is 3.44. The number of carbonyl (C=O) groups is 1. The number of likely N-dealkylation sites (tertiary alicyclic amines) is 1. The quantitative estimate of drug-likeness (QED) is 0.907. The third-order valence-electron chi connectivity index (χ3n) is 4.80. The fourth-order valence-corrected chi connectivity index (χ4v) is 3.44. The first-order valence-electron chi connectivity index (χ1n) is 8.92. The number of nitrogens with one attached hydrogen (secondary N) is 1. The number of aromatic nitrogens is 2. The SMILES string of the molecule is Cc1cc(CCC(=O)Nc2ncccc2C)cc([C@H]2CCCN2C)n1. The molecule has 2 aromatic heterocycles. The van der Waals surface area contributed by atoms with Crippen LogP contribution in [0.3, 0.4) is 0 Å². The normalized spacial score (nSPS) is 17.6. The molecule has 0 bridgehead atoms. The number of pyridine rings is 2. The Bertz CT molecular complexity index is 759. The maximum Gasteiger partial charge on any atom is 0.225 e. The lowest BCUT2D eigenvalue weighted by atomic mass is 10.0. The molecular formula is C20H26N4O. The lowest BCUT2D eigenvalue weighted by molar-refractivity contribution is -0.116. The van der Waals surface area contributed by atoms with Crippen molar-refractivity contribution in [1.82, 2.24) is 14.9 Å². The lowest BCUT2D eigenvalue weighted by Crippen LogP contribution is -2.19. The zero-order chi connectivity index (χ0) is 17.8. The van der Waals surface area contributed by atoms with Gasteiger partial charge in [0, 0.05) is 18.3 Å². The van der Waals surface area contributed by atoms with Gasteiger partial charge in [-0.25, -0.2) is 4.98 Å². The van der Waals surface area contributed by atoms with E-state index in [0.29, 0.717) is 24.7 Å². The molecule has 1 aliphatic heterocycles. The van der Waals surface area contributed by atoms with Crippen molar-refractivity contribution in [2.24, 2.45) is 0 Å². The van der Waals surface area contributed by atoms with Crippen molar-refractivity contribution in [3.8, 4) is 0 Å². The van der Waals surface area contributed by atoms with Crippen LogP contribution < -0.4 is 5.32 Å². The molecule has 5 nitrogen and oxygen atoms in total. The highest BCUT2D eigenvalue weighted by Gasteiger charge is 2.24. The summed E-state index contributed by atoms with van der Waals surface area (Å²) in [5.74, 6) is 0.641. The second kappa shape index (κ2) is 7.74. The first-order valence-corrected chi connectivity index (χ1v) is 8.92. The van der Waals surface area contributed by atoms with E-state index in [1.165, 1.54) is 12.0 Å². The van der Waals surface area contributed by atoms with Gasteiger partial charge < -0.3 is 5.32 Å². The highest BCUT2D eigenvalue weighted by atomic mass is 16.1. The van der Waals surface area contributed by atoms with Gasteiger partial charge in [-0.1, -0.05) is 6.07 Å². The molecule has 5 heteroatoms. The largest absolute Gasteiger partial charge is 0.310 e. The Morgan fingerprint density at radius 1 is 1.36 bits per heavy atom. The van der Waals surface area contributed by atoms with Crippen molar-refractivity contribution in [2.75, 3.05) is 18.9 Å². The standard InChI is InChI=1S/C20H26N4O/c1-14-6-4-10-21-20(14)23-19(25)9-8-16-12-15(2)22-17(13-16)18-7-5-11-24(18)3/h4,6,10,12-13,18H,5,7-9,11H2,1-3H3,(H,21,23,25)/t18-/m1/s1. The van der Waals surface area contributed by atoms with Gasteiger partial charge in [-0.05, 0) is 76.0 Å². The summed E-state index contributed by atoms with van der Waals surface area (Å²) in [4.78, 5) is 23.5. The minimum Gasteiger partial charge on any atom is -0.310 e. The van der Waals surface area contributed by atoms with Crippen molar-refractivity contribution in [2.45, 2.75) is 45.6 Å². The van der Waals surface area contributed by atoms with E-state index in [1.54, 1.807) is 6.20 Å².